The van der Waals surface area contributed by atoms with Crippen molar-refractivity contribution in [2.45, 2.75) is 50.0 Å². The summed E-state index contributed by atoms with van der Waals surface area (Å²) in [5, 5.41) is 2.48. The van der Waals surface area contributed by atoms with Crippen LogP contribution < -0.4 is 14.4 Å². The van der Waals surface area contributed by atoms with E-state index in [4.69, 9.17) is 9.47 Å². The number of sulfonamides is 1. The van der Waals surface area contributed by atoms with Gasteiger partial charge < -0.3 is 14.2 Å². The molecule has 1 aliphatic heterocycles. The lowest BCUT2D eigenvalue weighted by Crippen LogP contribution is -2.44. The molecular weight excluding hydrogens is 505 g/mol. The van der Waals surface area contributed by atoms with Gasteiger partial charge in [0.2, 0.25) is 0 Å². The summed E-state index contributed by atoms with van der Waals surface area (Å²) in [6.07, 6.45) is -6.83. The zero-order chi connectivity index (χ0) is 26.9. The maximum absolute atomic E-state index is 13.5. The number of halogens is 3. The maximum Gasteiger partial charge on any atom is 0.416 e. The van der Waals surface area contributed by atoms with Crippen LogP contribution in [0, 0.1) is 0 Å². The molecule has 1 heterocycles. The van der Waals surface area contributed by atoms with Crippen LogP contribution in [-0.4, -0.2) is 45.8 Å². The second kappa shape index (κ2) is 9.88. The molecule has 0 fully saturated rings. The fraction of sp³-hybridized carbons (Fsp3) is 0.391. The first-order valence-electron chi connectivity index (χ1n) is 10.7. The lowest BCUT2D eigenvalue weighted by atomic mass is 10.1. The summed E-state index contributed by atoms with van der Waals surface area (Å²) in [7, 11) is -3.39. The fourth-order valence-corrected chi connectivity index (χ4v) is 4.92. The molecule has 0 aromatic heterocycles. The highest BCUT2D eigenvalue weighted by Crippen LogP contribution is 2.40. The Morgan fingerprint density at radius 3 is 2.44 bits per heavy atom. The Hall–Kier alpha value is -3.48. The van der Waals surface area contributed by atoms with Crippen LogP contribution in [0.4, 0.5) is 29.3 Å². The van der Waals surface area contributed by atoms with Gasteiger partial charge in [-0.05, 0) is 57.2 Å². The smallest absolute Gasteiger partial charge is 0.416 e. The van der Waals surface area contributed by atoms with Gasteiger partial charge >= 0.3 is 18.2 Å². The van der Waals surface area contributed by atoms with Gasteiger partial charge in [0.25, 0.3) is 10.0 Å². The van der Waals surface area contributed by atoms with Crippen LogP contribution in [0.5, 0.6) is 5.75 Å². The number of methoxy groups -OCH3 is 1. The van der Waals surface area contributed by atoms with E-state index >= 15 is 0 Å². The Balaban J connectivity index is 2.04. The molecule has 0 bridgehead atoms. The fourth-order valence-electron chi connectivity index (χ4n) is 3.37. The van der Waals surface area contributed by atoms with E-state index in [9.17, 15) is 31.2 Å². The van der Waals surface area contributed by atoms with Gasteiger partial charge in [0, 0.05) is 5.69 Å². The molecule has 1 atom stereocenters. The minimum atomic E-state index is -4.76. The van der Waals surface area contributed by atoms with Gasteiger partial charge in [-0.1, -0.05) is 6.07 Å². The summed E-state index contributed by atoms with van der Waals surface area (Å²) in [4.78, 5) is 23.4. The Morgan fingerprint density at radius 2 is 1.83 bits per heavy atom. The summed E-state index contributed by atoms with van der Waals surface area (Å²) in [5.74, 6) is -0.622. The van der Waals surface area contributed by atoms with Crippen molar-refractivity contribution < 1.29 is 45.4 Å². The minimum absolute atomic E-state index is 0.0397. The minimum Gasteiger partial charge on any atom is -0.486 e. The average molecular weight is 531 g/mol. The number of fused-ring (bicyclic) bond motifs is 1. The molecule has 36 heavy (non-hydrogen) atoms. The molecular formula is C23H25F3N2O7S. The number of carbonyl (C=O) groups is 2. The number of benzene rings is 2. The average Bonchev–Trinajstić information content (AvgIpc) is 2.76. The first-order chi connectivity index (χ1) is 16.6. The highest BCUT2D eigenvalue weighted by molar-refractivity contribution is 7.92. The Bertz CT molecular complexity index is 1260. The maximum atomic E-state index is 13.5. The summed E-state index contributed by atoms with van der Waals surface area (Å²) in [5.41, 5.74) is -1.81. The lowest BCUT2D eigenvalue weighted by Gasteiger charge is -2.35. The number of alkyl halides is 3. The Labute approximate surface area is 206 Å². The molecule has 0 spiro atoms. The Morgan fingerprint density at radius 1 is 1.14 bits per heavy atom. The second-order valence-electron chi connectivity index (χ2n) is 8.89. The lowest BCUT2D eigenvalue weighted by molar-refractivity contribution is -0.142. The summed E-state index contributed by atoms with van der Waals surface area (Å²) >= 11 is 0. The van der Waals surface area contributed by atoms with Crippen molar-refractivity contribution in [3.63, 3.8) is 0 Å². The van der Waals surface area contributed by atoms with E-state index in [0.717, 1.165) is 29.6 Å². The first kappa shape index (κ1) is 27.1. The predicted molar refractivity (Wildman–Crippen MR) is 123 cm³/mol. The van der Waals surface area contributed by atoms with Gasteiger partial charge in [-0.25, -0.2) is 13.2 Å². The van der Waals surface area contributed by atoms with Gasteiger partial charge in [0.1, 0.15) is 17.5 Å². The number of ether oxygens (including phenoxy) is 3. The first-order valence-corrected chi connectivity index (χ1v) is 12.1. The van der Waals surface area contributed by atoms with Crippen molar-refractivity contribution >= 4 is 33.5 Å². The molecule has 1 N–H and O–H groups in total. The molecule has 0 unspecified atom stereocenters. The van der Waals surface area contributed by atoms with E-state index in [1.54, 1.807) is 20.8 Å². The van der Waals surface area contributed by atoms with E-state index in [0.29, 0.717) is 6.07 Å². The third kappa shape index (κ3) is 6.39. The van der Waals surface area contributed by atoms with Crippen molar-refractivity contribution in [2.24, 2.45) is 0 Å². The molecule has 1 aliphatic rings. The molecule has 0 radical (unpaired) electrons. The second-order valence-corrected chi connectivity index (χ2v) is 10.8. The molecule has 13 heteroatoms. The van der Waals surface area contributed by atoms with E-state index in [1.165, 1.54) is 18.2 Å². The van der Waals surface area contributed by atoms with Gasteiger partial charge in [0.05, 0.1) is 36.2 Å². The van der Waals surface area contributed by atoms with Crippen molar-refractivity contribution in [3.05, 3.63) is 48.0 Å². The Kier molecular flexibility index (Phi) is 7.44. The number of rotatable bonds is 5. The van der Waals surface area contributed by atoms with Crippen LogP contribution in [0.2, 0.25) is 0 Å². The number of hydrogen-bond donors (Lipinski definition) is 1. The number of nitrogens with zero attached hydrogens (tertiary/aromatic N) is 1. The zero-order valence-corrected chi connectivity index (χ0v) is 20.7. The number of amides is 1. The van der Waals surface area contributed by atoms with Crippen LogP contribution in [0.15, 0.2) is 47.4 Å². The molecule has 2 aromatic rings. The van der Waals surface area contributed by atoms with Crippen LogP contribution in [0.3, 0.4) is 0 Å². The summed E-state index contributed by atoms with van der Waals surface area (Å²) in [6, 6.07) is 7.41. The number of esters is 1. The van der Waals surface area contributed by atoms with Crippen molar-refractivity contribution in [1.82, 2.24) is 0 Å². The molecule has 0 saturated heterocycles. The quantitative estimate of drug-likeness (QED) is 0.564. The SMILES string of the molecule is COC(=O)C[C@@H]1CN(S(=O)(=O)c2cccc(C(F)(F)F)c2)c2cc(NC(=O)OC(C)(C)C)ccc2O1. The summed E-state index contributed by atoms with van der Waals surface area (Å²) in [6.45, 7) is 4.60. The van der Waals surface area contributed by atoms with Crippen molar-refractivity contribution in [1.29, 1.82) is 0 Å². The number of anilines is 2. The number of hydrogen-bond acceptors (Lipinski definition) is 7. The van der Waals surface area contributed by atoms with E-state index in [1.807, 2.05) is 0 Å². The molecule has 0 aliphatic carbocycles. The highest BCUT2D eigenvalue weighted by Gasteiger charge is 2.38. The monoisotopic (exact) mass is 530 g/mol. The van der Waals surface area contributed by atoms with Gasteiger partial charge in [-0.3, -0.25) is 14.4 Å². The summed E-state index contributed by atoms with van der Waals surface area (Å²) < 4.78 is 83.2. The van der Waals surface area contributed by atoms with Crippen molar-refractivity contribution in [2.75, 3.05) is 23.3 Å². The van der Waals surface area contributed by atoms with Crippen LogP contribution in [-0.2, 0) is 30.5 Å². The van der Waals surface area contributed by atoms with Crippen LogP contribution in [0.25, 0.3) is 0 Å². The third-order valence-electron chi connectivity index (χ3n) is 4.91. The molecule has 9 nitrogen and oxygen atoms in total. The highest BCUT2D eigenvalue weighted by atomic mass is 32.2. The predicted octanol–water partition coefficient (Wildman–Crippen LogP) is 4.57. The molecule has 0 saturated carbocycles. The van der Waals surface area contributed by atoms with Crippen LogP contribution in [0.1, 0.15) is 32.8 Å². The van der Waals surface area contributed by atoms with E-state index in [2.05, 4.69) is 10.1 Å². The molecule has 2 aromatic carbocycles. The number of carbonyl (C=O) groups excluding carboxylic acids is 2. The molecule has 1 amide bonds. The van der Waals surface area contributed by atoms with Crippen LogP contribution >= 0.6 is 0 Å². The molecule has 196 valence electrons. The largest absolute Gasteiger partial charge is 0.486 e. The van der Waals surface area contributed by atoms with E-state index < -0.39 is 57.0 Å². The zero-order valence-electron chi connectivity index (χ0n) is 19.9. The standard InChI is InChI=1S/C23H25F3N2O7S/c1-22(2,3)35-21(30)27-15-8-9-19-18(11-15)28(13-16(34-19)12-20(29)33-4)36(31,32)17-7-5-6-14(10-17)23(24,25)26/h5-11,16H,12-13H2,1-4H3,(H,27,30)/t16-/m1/s1. The third-order valence-corrected chi connectivity index (χ3v) is 6.68. The normalized spacial score (nSPS) is 16.0. The van der Waals surface area contributed by atoms with Crippen molar-refractivity contribution in [3.8, 4) is 5.75 Å². The topological polar surface area (TPSA) is 111 Å². The van der Waals surface area contributed by atoms with E-state index in [-0.39, 0.29) is 23.5 Å². The van der Waals surface area contributed by atoms with Gasteiger partial charge in [0.15, 0.2) is 0 Å². The molecule has 3 rings (SSSR count). The van der Waals surface area contributed by atoms with Gasteiger partial charge in [-0.15, -0.1) is 0 Å². The van der Waals surface area contributed by atoms with Gasteiger partial charge in [-0.2, -0.15) is 13.2 Å². The number of nitrogens with one attached hydrogen (secondary N) is 1.